The standard InChI is InChI=1S/C10H14N/c1-7-2-9-4-8(6-11)5-10(9)3-7/h8-10H,2-5H2,1H3/t8?,9-,10+. The Morgan fingerprint density at radius 1 is 1.27 bits per heavy atom. The van der Waals surface area contributed by atoms with Crippen LogP contribution in [0.3, 0.4) is 0 Å². The van der Waals surface area contributed by atoms with Crippen molar-refractivity contribution < 1.29 is 0 Å². The van der Waals surface area contributed by atoms with Crippen LogP contribution in [0.5, 0.6) is 0 Å². The summed E-state index contributed by atoms with van der Waals surface area (Å²) in [6, 6.07) is 2.40. The molecule has 1 nitrogen and oxygen atoms in total. The lowest BCUT2D eigenvalue weighted by Crippen LogP contribution is -1.95. The molecule has 0 N–H and O–H groups in total. The molecule has 0 amide bonds. The average molecular weight is 148 g/mol. The van der Waals surface area contributed by atoms with Crippen molar-refractivity contribution in [2.75, 3.05) is 0 Å². The highest BCUT2D eigenvalue weighted by atomic mass is 14.5. The zero-order valence-electron chi connectivity index (χ0n) is 7.01. The molecule has 2 fully saturated rings. The molecule has 2 aliphatic carbocycles. The Hall–Kier alpha value is -0.510. The third-order valence-electron chi connectivity index (χ3n) is 3.25. The Morgan fingerprint density at radius 2 is 1.82 bits per heavy atom. The first-order chi connectivity index (χ1) is 5.29. The maximum Gasteiger partial charge on any atom is 0.0655 e. The fraction of sp³-hybridized carbons (Fsp3) is 0.800. The van der Waals surface area contributed by atoms with Crippen molar-refractivity contribution in [3.8, 4) is 6.07 Å². The number of hydrogen-bond acceptors (Lipinski definition) is 1. The Balaban J connectivity index is 2.00. The van der Waals surface area contributed by atoms with Gasteiger partial charge in [-0.15, -0.1) is 0 Å². The SMILES string of the molecule is C[C]1C[C@@H]2CC(C#N)C[C@@H]2C1. The van der Waals surface area contributed by atoms with E-state index in [0.29, 0.717) is 5.92 Å². The maximum absolute atomic E-state index is 8.73. The minimum atomic E-state index is 0.387. The summed E-state index contributed by atoms with van der Waals surface area (Å²) >= 11 is 0. The van der Waals surface area contributed by atoms with Crippen LogP contribution in [0.25, 0.3) is 0 Å². The molecule has 2 aliphatic rings. The van der Waals surface area contributed by atoms with Crippen molar-refractivity contribution in [2.24, 2.45) is 17.8 Å². The molecule has 0 spiro atoms. The van der Waals surface area contributed by atoms with E-state index in [-0.39, 0.29) is 0 Å². The zero-order valence-corrected chi connectivity index (χ0v) is 7.01. The van der Waals surface area contributed by atoms with Gasteiger partial charge in [0.05, 0.1) is 6.07 Å². The van der Waals surface area contributed by atoms with Gasteiger partial charge in [-0.05, 0) is 43.4 Å². The molecule has 0 aromatic carbocycles. The van der Waals surface area contributed by atoms with E-state index in [1.54, 1.807) is 5.92 Å². The van der Waals surface area contributed by atoms with Crippen LogP contribution in [0.2, 0.25) is 0 Å². The van der Waals surface area contributed by atoms with E-state index in [0.717, 1.165) is 11.8 Å². The summed E-state index contributed by atoms with van der Waals surface area (Å²) in [7, 11) is 0. The molecule has 0 heterocycles. The number of hydrogen-bond donors (Lipinski definition) is 0. The van der Waals surface area contributed by atoms with Gasteiger partial charge in [-0.25, -0.2) is 0 Å². The number of rotatable bonds is 0. The third kappa shape index (κ3) is 1.15. The monoisotopic (exact) mass is 148 g/mol. The van der Waals surface area contributed by atoms with E-state index in [4.69, 9.17) is 5.26 Å². The summed E-state index contributed by atoms with van der Waals surface area (Å²) in [5.74, 6) is 3.80. The molecule has 1 heteroatoms. The topological polar surface area (TPSA) is 23.8 Å². The summed E-state index contributed by atoms with van der Waals surface area (Å²) in [4.78, 5) is 0. The van der Waals surface area contributed by atoms with Crippen LogP contribution in [0.4, 0.5) is 0 Å². The fourth-order valence-electron chi connectivity index (χ4n) is 2.80. The van der Waals surface area contributed by atoms with Crippen LogP contribution < -0.4 is 0 Å². The molecule has 1 unspecified atom stereocenters. The molecule has 11 heavy (non-hydrogen) atoms. The van der Waals surface area contributed by atoms with Gasteiger partial charge in [0.2, 0.25) is 0 Å². The van der Waals surface area contributed by atoms with E-state index >= 15 is 0 Å². The predicted octanol–water partition coefficient (Wildman–Crippen LogP) is 2.54. The van der Waals surface area contributed by atoms with Gasteiger partial charge in [-0.3, -0.25) is 0 Å². The Bertz CT molecular complexity index is 178. The third-order valence-corrected chi connectivity index (χ3v) is 3.25. The summed E-state index contributed by atoms with van der Waals surface area (Å²) in [5, 5.41) is 8.73. The largest absolute Gasteiger partial charge is 0.198 e. The van der Waals surface area contributed by atoms with Gasteiger partial charge < -0.3 is 0 Å². The van der Waals surface area contributed by atoms with Gasteiger partial charge in [-0.2, -0.15) is 5.26 Å². The van der Waals surface area contributed by atoms with Crippen molar-refractivity contribution in [2.45, 2.75) is 32.6 Å². The maximum atomic E-state index is 8.73. The van der Waals surface area contributed by atoms with Crippen molar-refractivity contribution in [1.29, 1.82) is 5.26 Å². The second-order valence-corrected chi connectivity index (χ2v) is 4.18. The summed E-state index contributed by atoms with van der Waals surface area (Å²) in [5.41, 5.74) is 0. The van der Waals surface area contributed by atoms with E-state index in [9.17, 15) is 0 Å². The molecular formula is C10H14N. The van der Waals surface area contributed by atoms with E-state index < -0.39 is 0 Å². The quantitative estimate of drug-likeness (QED) is 0.518. The molecule has 1 radical (unpaired) electrons. The number of nitriles is 1. The average Bonchev–Trinajstić information content (AvgIpc) is 2.43. The minimum absolute atomic E-state index is 0.387. The van der Waals surface area contributed by atoms with Gasteiger partial charge in [0.15, 0.2) is 0 Å². The Kier molecular flexibility index (Phi) is 1.64. The minimum Gasteiger partial charge on any atom is -0.198 e. The molecule has 0 aliphatic heterocycles. The van der Waals surface area contributed by atoms with Gasteiger partial charge in [0.1, 0.15) is 0 Å². The zero-order chi connectivity index (χ0) is 7.84. The Morgan fingerprint density at radius 3 is 2.27 bits per heavy atom. The lowest BCUT2D eigenvalue weighted by atomic mass is 10.0. The van der Waals surface area contributed by atoms with Crippen LogP contribution >= 0.6 is 0 Å². The highest BCUT2D eigenvalue weighted by Gasteiger charge is 2.40. The Labute approximate surface area is 68.4 Å². The molecular weight excluding hydrogens is 134 g/mol. The van der Waals surface area contributed by atoms with Crippen LogP contribution in [0.1, 0.15) is 32.6 Å². The van der Waals surface area contributed by atoms with E-state index in [1.165, 1.54) is 25.7 Å². The predicted molar refractivity (Wildman–Crippen MR) is 43.5 cm³/mol. The summed E-state index contributed by atoms with van der Waals surface area (Å²) < 4.78 is 0. The van der Waals surface area contributed by atoms with Crippen LogP contribution in [-0.2, 0) is 0 Å². The summed E-state index contributed by atoms with van der Waals surface area (Å²) in [6.07, 6.45) is 4.97. The van der Waals surface area contributed by atoms with Gasteiger partial charge in [0, 0.05) is 5.92 Å². The van der Waals surface area contributed by atoms with Crippen LogP contribution in [0, 0.1) is 35.0 Å². The van der Waals surface area contributed by atoms with Gasteiger partial charge in [0.25, 0.3) is 0 Å². The lowest BCUT2D eigenvalue weighted by molar-refractivity contribution is 0.457. The summed E-state index contributed by atoms with van der Waals surface area (Å²) in [6.45, 7) is 2.26. The highest BCUT2D eigenvalue weighted by molar-refractivity contribution is 5.06. The molecule has 0 aromatic heterocycles. The van der Waals surface area contributed by atoms with Crippen molar-refractivity contribution in [1.82, 2.24) is 0 Å². The molecule has 0 saturated heterocycles. The van der Waals surface area contributed by atoms with Crippen molar-refractivity contribution >= 4 is 0 Å². The molecule has 0 bridgehead atoms. The van der Waals surface area contributed by atoms with Crippen molar-refractivity contribution in [3.63, 3.8) is 0 Å². The van der Waals surface area contributed by atoms with E-state index in [1.807, 2.05) is 0 Å². The first kappa shape index (κ1) is 7.16. The van der Waals surface area contributed by atoms with E-state index in [2.05, 4.69) is 13.0 Å². The fourth-order valence-corrected chi connectivity index (χ4v) is 2.80. The molecule has 0 aromatic rings. The highest BCUT2D eigenvalue weighted by Crippen LogP contribution is 2.49. The van der Waals surface area contributed by atoms with Crippen LogP contribution in [-0.4, -0.2) is 0 Å². The first-order valence-electron chi connectivity index (χ1n) is 4.50. The lowest BCUT2D eigenvalue weighted by Gasteiger charge is -2.04. The van der Waals surface area contributed by atoms with Crippen molar-refractivity contribution in [3.05, 3.63) is 5.92 Å². The van der Waals surface area contributed by atoms with Gasteiger partial charge in [-0.1, -0.05) is 6.92 Å². The second kappa shape index (κ2) is 2.52. The molecule has 59 valence electrons. The second-order valence-electron chi connectivity index (χ2n) is 4.18. The van der Waals surface area contributed by atoms with Crippen LogP contribution in [0.15, 0.2) is 0 Å². The molecule has 2 rings (SSSR count). The molecule has 3 atom stereocenters. The molecule has 2 saturated carbocycles. The number of fused-ring (bicyclic) bond motifs is 1. The first-order valence-corrected chi connectivity index (χ1v) is 4.50. The number of nitrogens with zero attached hydrogens (tertiary/aromatic N) is 1. The van der Waals surface area contributed by atoms with Gasteiger partial charge >= 0.3 is 0 Å². The smallest absolute Gasteiger partial charge is 0.0655 e. The normalized spacial score (nSPS) is 43.8.